The minimum absolute atomic E-state index is 0.0204. The first kappa shape index (κ1) is 28.4. The zero-order chi connectivity index (χ0) is 28.0. The highest BCUT2D eigenvalue weighted by Crippen LogP contribution is 2.16. The monoisotopic (exact) mass is 522 g/mol. The lowest BCUT2D eigenvalue weighted by Crippen LogP contribution is -2.57. The van der Waals surface area contributed by atoms with Crippen LogP contribution in [0.2, 0.25) is 0 Å². The highest BCUT2D eigenvalue weighted by molar-refractivity contribution is 5.92. The van der Waals surface area contributed by atoms with E-state index in [9.17, 15) is 29.1 Å². The predicted octanol–water partition coefficient (Wildman–Crippen LogP) is 2.23. The second kappa shape index (κ2) is 12.4. The Hall–Kier alpha value is -4.21. The fourth-order valence-corrected chi connectivity index (χ4v) is 4.31. The van der Waals surface area contributed by atoms with Crippen LogP contribution in [0.1, 0.15) is 45.7 Å². The van der Waals surface area contributed by atoms with Crippen molar-refractivity contribution >= 4 is 28.7 Å². The molecule has 0 saturated heterocycles. The first-order valence-corrected chi connectivity index (χ1v) is 12.7. The standard InChI is InChI=1S/C28H34N4O6/c1-5-17(4)23(25(34)30-22(16(2)3)27(36)37)31-24(33)21(15-18-11-7-6-8-12-18)32-26(35)19-13-9-10-14-20(19)29-28(32)38/h6-14,16-17,21-23H,5,15H2,1-4H3,(H,29,38)(H,30,34)(H,31,33)(H,36,37)/t17-,21-,22-,23+/m1/s1. The molecular formula is C28H34N4O6. The minimum atomic E-state index is -1.27. The van der Waals surface area contributed by atoms with Crippen LogP contribution >= 0.6 is 0 Å². The molecule has 0 saturated carbocycles. The lowest BCUT2D eigenvalue weighted by Gasteiger charge is -2.28. The third-order valence-corrected chi connectivity index (χ3v) is 6.75. The van der Waals surface area contributed by atoms with Crippen LogP contribution < -0.4 is 21.9 Å². The van der Waals surface area contributed by atoms with E-state index < -0.39 is 47.2 Å². The van der Waals surface area contributed by atoms with Gasteiger partial charge in [-0.15, -0.1) is 0 Å². The molecule has 0 unspecified atom stereocenters. The van der Waals surface area contributed by atoms with Crippen LogP contribution in [0.4, 0.5) is 0 Å². The largest absolute Gasteiger partial charge is 0.480 e. The molecule has 10 heteroatoms. The highest BCUT2D eigenvalue weighted by atomic mass is 16.4. The maximum Gasteiger partial charge on any atom is 0.329 e. The van der Waals surface area contributed by atoms with Gasteiger partial charge >= 0.3 is 11.7 Å². The summed E-state index contributed by atoms with van der Waals surface area (Å²) in [7, 11) is 0. The maximum atomic E-state index is 13.8. The number of hydrogen-bond donors (Lipinski definition) is 4. The van der Waals surface area contributed by atoms with Gasteiger partial charge in [0.05, 0.1) is 10.9 Å². The number of benzene rings is 2. The fraction of sp³-hybridized carbons (Fsp3) is 0.393. The normalized spacial score (nSPS) is 14.4. The van der Waals surface area contributed by atoms with E-state index in [-0.39, 0.29) is 23.6 Å². The molecule has 2 amide bonds. The Kier molecular flexibility index (Phi) is 9.22. The molecule has 3 aromatic rings. The molecule has 0 spiro atoms. The Bertz CT molecular complexity index is 1410. The average molecular weight is 523 g/mol. The van der Waals surface area contributed by atoms with Gasteiger partial charge < -0.3 is 20.7 Å². The Balaban J connectivity index is 2.04. The number of para-hydroxylation sites is 1. The van der Waals surface area contributed by atoms with Crippen molar-refractivity contribution < 1.29 is 19.5 Å². The van der Waals surface area contributed by atoms with E-state index in [0.29, 0.717) is 17.5 Å². The number of carbonyl (C=O) groups excluding carboxylic acids is 2. The van der Waals surface area contributed by atoms with Crippen molar-refractivity contribution in [2.45, 2.75) is 58.7 Å². The molecule has 0 bridgehead atoms. The number of carbonyl (C=O) groups is 3. The molecule has 4 atom stereocenters. The lowest BCUT2D eigenvalue weighted by atomic mass is 9.96. The number of H-pyrrole nitrogens is 1. The highest BCUT2D eigenvalue weighted by Gasteiger charge is 2.34. The molecule has 202 valence electrons. The van der Waals surface area contributed by atoms with Crippen LogP contribution in [0.25, 0.3) is 10.9 Å². The smallest absolute Gasteiger partial charge is 0.329 e. The Morgan fingerprint density at radius 3 is 2.11 bits per heavy atom. The van der Waals surface area contributed by atoms with Crippen LogP contribution in [-0.4, -0.2) is 44.5 Å². The molecule has 2 aromatic carbocycles. The number of hydrogen-bond acceptors (Lipinski definition) is 5. The number of fused-ring (bicyclic) bond motifs is 1. The SMILES string of the molecule is CC[C@@H](C)[C@H](NC(=O)[C@@H](Cc1ccccc1)n1c(=O)[nH]c2ccccc2c1=O)C(=O)N[C@@H](C(=O)O)C(C)C. The number of carboxylic acids is 1. The molecule has 3 rings (SSSR count). The molecule has 10 nitrogen and oxygen atoms in total. The molecular weight excluding hydrogens is 488 g/mol. The number of carboxylic acid groups (broad SMARTS) is 1. The van der Waals surface area contributed by atoms with Gasteiger partial charge in [0.1, 0.15) is 18.1 Å². The zero-order valence-corrected chi connectivity index (χ0v) is 21.9. The second-order valence-electron chi connectivity index (χ2n) is 9.80. The topological polar surface area (TPSA) is 150 Å². The van der Waals surface area contributed by atoms with Crippen LogP contribution in [-0.2, 0) is 20.8 Å². The lowest BCUT2D eigenvalue weighted by molar-refractivity contribution is -0.143. The van der Waals surface area contributed by atoms with E-state index in [4.69, 9.17) is 0 Å². The minimum Gasteiger partial charge on any atom is -0.480 e. The number of nitrogens with zero attached hydrogens (tertiary/aromatic N) is 1. The van der Waals surface area contributed by atoms with E-state index in [0.717, 1.165) is 4.57 Å². The molecule has 1 heterocycles. The summed E-state index contributed by atoms with van der Waals surface area (Å²) in [5, 5.41) is 15.0. The van der Waals surface area contributed by atoms with Crippen molar-refractivity contribution in [1.29, 1.82) is 0 Å². The Labute approximate surface area is 220 Å². The molecule has 0 aliphatic heterocycles. The molecule has 0 aliphatic carbocycles. The molecule has 0 radical (unpaired) electrons. The second-order valence-corrected chi connectivity index (χ2v) is 9.80. The van der Waals surface area contributed by atoms with Gasteiger partial charge in [0.25, 0.3) is 5.56 Å². The number of nitrogens with one attached hydrogen (secondary N) is 3. The summed E-state index contributed by atoms with van der Waals surface area (Å²) in [6.45, 7) is 6.94. The van der Waals surface area contributed by atoms with E-state index >= 15 is 0 Å². The van der Waals surface area contributed by atoms with E-state index in [1.807, 2.05) is 13.0 Å². The predicted molar refractivity (Wildman–Crippen MR) is 144 cm³/mol. The van der Waals surface area contributed by atoms with E-state index in [2.05, 4.69) is 15.6 Å². The summed E-state index contributed by atoms with van der Waals surface area (Å²) in [6.07, 6.45) is 0.532. The van der Waals surface area contributed by atoms with Crippen molar-refractivity contribution in [3.05, 3.63) is 81.0 Å². The summed E-state index contributed by atoms with van der Waals surface area (Å²) in [4.78, 5) is 67.8. The summed E-state index contributed by atoms with van der Waals surface area (Å²) in [5.74, 6) is -3.27. The van der Waals surface area contributed by atoms with Crippen molar-refractivity contribution in [3.63, 3.8) is 0 Å². The quantitative estimate of drug-likeness (QED) is 0.303. The van der Waals surface area contributed by atoms with Crippen LogP contribution in [0.3, 0.4) is 0 Å². The number of aromatic nitrogens is 2. The number of aromatic amines is 1. The fourth-order valence-electron chi connectivity index (χ4n) is 4.31. The van der Waals surface area contributed by atoms with Crippen LogP contribution in [0.5, 0.6) is 0 Å². The Morgan fingerprint density at radius 2 is 1.50 bits per heavy atom. The molecule has 0 fully saturated rings. The zero-order valence-electron chi connectivity index (χ0n) is 21.9. The number of rotatable bonds is 11. The molecule has 38 heavy (non-hydrogen) atoms. The van der Waals surface area contributed by atoms with E-state index in [1.165, 1.54) is 0 Å². The van der Waals surface area contributed by atoms with Crippen molar-refractivity contribution in [2.75, 3.05) is 0 Å². The first-order valence-electron chi connectivity index (χ1n) is 12.7. The van der Waals surface area contributed by atoms with Crippen molar-refractivity contribution in [3.8, 4) is 0 Å². The third-order valence-electron chi connectivity index (χ3n) is 6.75. The van der Waals surface area contributed by atoms with Gasteiger partial charge in [-0.25, -0.2) is 14.2 Å². The molecule has 1 aromatic heterocycles. The van der Waals surface area contributed by atoms with Gasteiger partial charge in [-0.05, 0) is 29.5 Å². The summed E-state index contributed by atoms with van der Waals surface area (Å²) in [6, 6.07) is 12.0. The van der Waals surface area contributed by atoms with Gasteiger partial charge in [-0.1, -0.05) is 76.6 Å². The summed E-state index contributed by atoms with van der Waals surface area (Å²) >= 11 is 0. The van der Waals surface area contributed by atoms with Crippen molar-refractivity contribution in [2.24, 2.45) is 11.8 Å². The maximum absolute atomic E-state index is 13.8. The molecule has 4 N–H and O–H groups in total. The van der Waals surface area contributed by atoms with Gasteiger partial charge in [-0.3, -0.25) is 14.4 Å². The van der Waals surface area contributed by atoms with Gasteiger partial charge in [0.2, 0.25) is 11.8 Å². The van der Waals surface area contributed by atoms with Gasteiger partial charge in [-0.2, -0.15) is 0 Å². The summed E-state index contributed by atoms with van der Waals surface area (Å²) < 4.78 is 0.879. The average Bonchev–Trinajstić information content (AvgIpc) is 2.89. The number of aliphatic carboxylic acids is 1. The van der Waals surface area contributed by atoms with E-state index in [1.54, 1.807) is 69.3 Å². The van der Waals surface area contributed by atoms with Crippen LogP contribution in [0.15, 0.2) is 64.2 Å². The van der Waals surface area contributed by atoms with Crippen molar-refractivity contribution in [1.82, 2.24) is 20.2 Å². The number of amides is 2. The first-order chi connectivity index (χ1) is 18.0. The van der Waals surface area contributed by atoms with Gasteiger partial charge in [0, 0.05) is 6.42 Å². The Morgan fingerprint density at radius 1 is 0.895 bits per heavy atom. The molecule has 0 aliphatic rings. The van der Waals surface area contributed by atoms with Crippen LogP contribution in [0, 0.1) is 11.8 Å². The summed E-state index contributed by atoms with van der Waals surface area (Å²) in [5.41, 5.74) is -0.318. The van der Waals surface area contributed by atoms with Gasteiger partial charge in [0.15, 0.2) is 0 Å². The third kappa shape index (κ3) is 6.37.